The van der Waals surface area contributed by atoms with E-state index in [0.717, 1.165) is 29.3 Å². The Balaban J connectivity index is 1.71. The lowest BCUT2D eigenvalue weighted by Gasteiger charge is -2.37. The molecule has 0 aromatic heterocycles. The zero-order valence-corrected chi connectivity index (χ0v) is 14.9. The Morgan fingerprint density at radius 2 is 1.69 bits per heavy atom. The molecule has 0 atom stereocenters. The Labute approximate surface area is 151 Å². The number of nitrogens with zero attached hydrogens (tertiary/aromatic N) is 3. The zero-order valence-electron chi connectivity index (χ0n) is 14.1. The lowest BCUT2D eigenvalue weighted by Crippen LogP contribution is -2.53. The minimum atomic E-state index is -3.97. The van der Waals surface area contributed by atoms with Crippen LogP contribution >= 0.6 is 0 Å². The molecule has 0 unspecified atom stereocenters. The molecule has 2 fully saturated rings. The van der Waals surface area contributed by atoms with E-state index < -0.39 is 27.1 Å². The van der Waals surface area contributed by atoms with E-state index in [4.69, 9.17) is 0 Å². The van der Waals surface area contributed by atoms with Crippen molar-refractivity contribution in [3.8, 4) is 6.07 Å². The SMILES string of the molecule is N#CC1(C(=O)N2CCN(S(=O)(=O)c3ccc(F)c(F)c3)CC2)CCCC1. The van der Waals surface area contributed by atoms with Gasteiger partial charge >= 0.3 is 0 Å². The number of sulfonamides is 1. The van der Waals surface area contributed by atoms with Gasteiger partial charge in [0.25, 0.3) is 0 Å². The summed E-state index contributed by atoms with van der Waals surface area (Å²) in [6, 6.07) is 4.61. The maximum atomic E-state index is 13.4. The molecule has 1 aromatic carbocycles. The summed E-state index contributed by atoms with van der Waals surface area (Å²) in [7, 11) is -3.97. The highest BCUT2D eigenvalue weighted by Gasteiger charge is 2.45. The van der Waals surface area contributed by atoms with Gasteiger partial charge in [-0.2, -0.15) is 9.57 Å². The molecular formula is C17H19F2N3O3S. The third kappa shape index (κ3) is 3.19. The van der Waals surface area contributed by atoms with Crippen LogP contribution in [0.15, 0.2) is 23.1 Å². The lowest BCUT2D eigenvalue weighted by atomic mass is 9.86. The first-order valence-electron chi connectivity index (χ1n) is 8.46. The number of carbonyl (C=O) groups is 1. The van der Waals surface area contributed by atoms with Gasteiger partial charge in [-0.05, 0) is 31.0 Å². The van der Waals surface area contributed by atoms with Gasteiger partial charge in [-0.1, -0.05) is 12.8 Å². The molecule has 1 aromatic rings. The van der Waals surface area contributed by atoms with Gasteiger partial charge < -0.3 is 4.90 Å². The van der Waals surface area contributed by atoms with Gasteiger partial charge in [-0.25, -0.2) is 17.2 Å². The van der Waals surface area contributed by atoms with Crippen LogP contribution in [-0.2, 0) is 14.8 Å². The molecule has 1 saturated heterocycles. The van der Waals surface area contributed by atoms with Crippen molar-refractivity contribution in [1.29, 1.82) is 5.26 Å². The monoisotopic (exact) mass is 383 g/mol. The summed E-state index contributed by atoms with van der Waals surface area (Å²) in [5.74, 6) is -2.57. The van der Waals surface area contributed by atoms with Crippen molar-refractivity contribution in [1.82, 2.24) is 9.21 Å². The van der Waals surface area contributed by atoms with Crippen molar-refractivity contribution in [3.05, 3.63) is 29.8 Å². The van der Waals surface area contributed by atoms with Gasteiger partial charge in [0.2, 0.25) is 15.9 Å². The van der Waals surface area contributed by atoms with E-state index in [1.807, 2.05) is 0 Å². The Morgan fingerprint density at radius 1 is 1.08 bits per heavy atom. The summed E-state index contributed by atoms with van der Waals surface area (Å²) in [5, 5.41) is 9.43. The van der Waals surface area contributed by atoms with E-state index >= 15 is 0 Å². The first-order valence-corrected chi connectivity index (χ1v) is 9.90. The highest BCUT2D eigenvalue weighted by Crippen LogP contribution is 2.39. The van der Waals surface area contributed by atoms with Crippen molar-refractivity contribution in [2.75, 3.05) is 26.2 Å². The van der Waals surface area contributed by atoms with E-state index in [-0.39, 0.29) is 37.0 Å². The van der Waals surface area contributed by atoms with Crippen LogP contribution in [0.2, 0.25) is 0 Å². The third-order valence-corrected chi connectivity index (χ3v) is 7.03. The van der Waals surface area contributed by atoms with Crippen molar-refractivity contribution in [2.24, 2.45) is 5.41 Å². The highest BCUT2D eigenvalue weighted by molar-refractivity contribution is 7.89. The first kappa shape index (κ1) is 18.7. The zero-order chi connectivity index (χ0) is 18.9. The Kier molecular flexibility index (Phi) is 4.99. The van der Waals surface area contributed by atoms with Gasteiger partial charge in [0.15, 0.2) is 11.6 Å². The molecule has 0 radical (unpaired) electrons. The average Bonchev–Trinajstić information content (AvgIpc) is 3.13. The molecule has 26 heavy (non-hydrogen) atoms. The van der Waals surface area contributed by atoms with Crippen molar-refractivity contribution < 1.29 is 22.0 Å². The van der Waals surface area contributed by atoms with Crippen LogP contribution in [0.1, 0.15) is 25.7 Å². The number of rotatable bonds is 3. The molecule has 2 aliphatic rings. The van der Waals surface area contributed by atoms with Gasteiger partial charge in [0.05, 0.1) is 11.0 Å². The van der Waals surface area contributed by atoms with E-state index in [1.54, 1.807) is 0 Å². The Bertz CT molecular complexity index is 852. The molecule has 0 bridgehead atoms. The predicted molar refractivity (Wildman–Crippen MR) is 88.2 cm³/mol. The molecule has 1 amide bonds. The summed E-state index contributed by atoms with van der Waals surface area (Å²) < 4.78 is 52.7. The Morgan fingerprint density at radius 3 is 2.23 bits per heavy atom. The molecule has 0 spiro atoms. The van der Waals surface area contributed by atoms with E-state index in [2.05, 4.69) is 6.07 Å². The van der Waals surface area contributed by atoms with E-state index in [0.29, 0.717) is 18.9 Å². The lowest BCUT2D eigenvalue weighted by molar-refractivity contribution is -0.140. The second-order valence-corrected chi connectivity index (χ2v) is 8.61. The van der Waals surface area contributed by atoms with Gasteiger partial charge in [-0.3, -0.25) is 4.79 Å². The first-order chi connectivity index (χ1) is 12.3. The number of hydrogen-bond acceptors (Lipinski definition) is 4. The maximum Gasteiger partial charge on any atom is 0.243 e. The molecule has 6 nitrogen and oxygen atoms in total. The molecular weight excluding hydrogens is 364 g/mol. The predicted octanol–water partition coefficient (Wildman–Crippen LogP) is 1.88. The molecule has 0 N–H and O–H groups in total. The van der Waals surface area contributed by atoms with Crippen molar-refractivity contribution in [3.63, 3.8) is 0 Å². The van der Waals surface area contributed by atoms with Crippen LogP contribution in [0.3, 0.4) is 0 Å². The van der Waals surface area contributed by atoms with Crippen LogP contribution < -0.4 is 0 Å². The molecule has 3 rings (SSSR count). The van der Waals surface area contributed by atoms with Crippen molar-refractivity contribution >= 4 is 15.9 Å². The Hall–Kier alpha value is -2.05. The van der Waals surface area contributed by atoms with Gasteiger partial charge in [0, 0.05) is 26.2 Å². The van der Waals surface area contributed by atoms with Crippen LogP contribution in [0.25, 0.3) is 0 Å². The number of amides is 1. The van der Waals surface area contributed by atoms with E-state index in [9.17, 15) is 27.3 Å². The average molecular weight is 383 g/mol. The summed E-state index contributed by atoms with van der Waals surface area (Å²) in [6.07, 6.45) is 2.75. The number of benzene rings is 1. The second kappa shape index (κ2) is 6.93. The normalized spacial score (nSPS) is 20.7. The largest absolute Gasteiger partial charge is 0.339 e. The number of hydrogen-bond donors (Lipinski definition) is 0. The molecule has 1 heterocycles. The number of piperazine rings is 1. The fraction of sp³-hybridized carbons (Fsp3) is 0.529. The molecule has 140 valence electrons. The third-order valence-electron chi connectivity index (χ3n) is 5.14. The van der Waals surface area contributed by atoms with Crippen molar-refractivity contribution in [2.45, 2.75) is 30.6 Å². The second-order valence-electron chi connectivity index (χ2n) is 6.67. The van der Waals surface area contributed by atoms with Crippen LogP contribution in [0, 0.1) is 28.4 Å². The number of carbonyl (C=O) groups excluding carboxylic acids is 1. The van der Waals surface area contributed by atoms with Crippen LogP contribution in [0.5, 0.6) is 0 Å². The van der Waals surface area contributed by atoms with Gasteiger partial charge in [-0.15, -0.1) is 0 Å². The van der Waals surface area contributed by atoms with Crippen LogP contribution in [-0.4, -0.2) is 49.7 Å². The standard InChI is InChI=1S/C17H19F2N3O3S/c18-14-4-3-13(11-15(14)19)26(24,25)22-9-7-21(8-10-22)16(23)17(12-20)5-1-2-6-17/h3-4,11H,1-2,5-10H2. The molecule has 1 aliphatic carbocycles. The number of nitriles is 1. The van der Waals surface area contributed by atoms with Crippen LogP contribution in [0.4, 0.5) is 8.78 Å². The molecule has 1 saturated carbocycles. The number of halogens is 2. The fourth-order valence-corrected chi connectivity index (χ4v) is 5.01. The topological polar surface area (TPSA) is 81.5 Å². The fourth-order valence-electron chi connectivity index (χ4n) is 3.57. The molecule has 9 heteroatoms. The summed E-state index contributed by atoms with van der Waals surface area (Å²) in [6.45, 7) is 0.444. The smallest absolute Gasteiger partial charge is 0.243 e. The minimum absolute atomic E-state index is 0.0502. The van der Waals surface area contributed by atoms with Gasteiger partial charge in [0.1, 0.15) is 5.41 Å². The summed E-state index contributed by atoms with van der Waals surface area (Å²) in [5.41, 5.74) is -0.985. The minimum Gasteiger partial charge on any atom is -0.339 e. The maximum absolute atomic E-state index is 13.4. The summed E-state index contributed by atoms with van der Waals surface area (Å²) in [4.78, 5) is 13.9. The highest BCUT2D eigenvalue weighted by atomic mass is 32.2. The van der Waals surface area contributed by atoms with E-state index in [1.165, 1.54) is 4.90 Å². The molecule has 1 aliphatic heterocycles. The summed E-state index contributed by atoms with van der Waals surface area (Å²) >= 11 is 0. The quantitative estimate of drug-likeness (QED) is 0.798.